The van der Waals surface area contributed by atoms with E-state index in [4.69, 9.17) is 40.5 Å². The summed E-state index contributed by atoms with van der Waals surface area (Å²) in [5.74, 6) is 0.369. The maximum Gasteiger partial charge on any atom is 0.131 e. The van der Waals surface area contributed by atoms with Crippen molar-refractivity contribution in [1.29, 1.82) is 0 Å². The molecule has 2 rings (SSSR count). The lowest BCUT2D eigenvalue weighted by Gasteiger charge is -2.07. The first-order valence-electron chi connectivity index (χ1n) is 4.44. The molecule has 0 amide bonds. The molecule has 2 aromatic rings. The number of pyridine rings is 1. The van der Waals surface area contributed by atoms with Crippen LogP contribution in [0.3, 0.4) is 0 Å². The molecule has 16 heavy (non-hydrogen) atoms. The van der Waals surface area contributed by atoms with Crippen LogP contribution in [0.4, 0.5) is 5.82 Å². The van der Waals surface area contributed by atoms with Gasteiger partial charge in [-0.25, -0.2) is 4.98 Å². The molecule has 0 spiro atoms. The standard InChI is InChI=1S/C11H7Cl3N2/c12-6-1-2-10(14)8(3-6)9-4-7(13)5-16-11(9)15/h1-5H,(H2,15,16). The van der Waals surface area contributed by atoms with E-state index in [1.165, 1.54) is 6.20 Å². The van der Waals surface area contributed by atoms with Crippen molar-refractivity contribution in [3.63, 3.8) is 0 Å². The first kappa shape index (κ1) is 11.5. The summed E-state index contributed by atoms with van der Waals surface area (Å²) in [5, 5.41) is 1.64. The number of nitrogens with zero attached hydrogens (tertiary/aromatic N) is 1. The molecular weight excluding hydrogens is 266 g/mol. The number of hydrogen-bond acceptors (Lipinski definition) is 2. The molecule has 1 aromatic heterocycles. The highest BCUT2D eigenvalue weighted by atomic mass is 35.5. The molecule has 1 aromatic carbocycles. The van der Waals surface area contributed by atoms with Gasteiger partial charge < -0.3 is 5.73 Å². The smallest absolute Gasteiger partial charge is 0.131 e. The first-order chi connectivity index (χ1) is 7.58. The lowest BCUT2D eigenvalue weighted by molar-refractivity contribution is 1.34. The Bertz CT molecular complexity index is 491. The molecule has 2 N–H and O–H groups in total. The normalized spacial score (nSPS) is 10.4. The van der Waals surface area contributed by atoms with Crippen molar-refractivity contribution in [3.8, 4) is 11.1 Å². The second kappa shape index (κ2) is 4.50. The molecule has 0 atom stereocenters. The van der Waals surface area contributed by atoms with E-state index >= 15 is 0 Å². The number of nitrogen functional groups attached to an aromatic ring is 1. The average Bonchev–Trinajstić information content (AvgIpc) is 2.25. The van der Waals surface area contributed by atoms with Crippen LogP contribution in [-0.4, -0.2) is 4.98 Å². The molecule has 0 aliphatic carbocycles. The van der Waals surface area contributed by atoms with E-state index in [1.54, 1.807) is 24.3 Å². The molecule has 5 heteroatoms. The van der Waals surface area contributed by atoms with Crippen molar-refractivity contribution in [1.82, 2.24) is 4.98 Å². The third-order valence-electron chi connectivity index (χ3n) is 2.10. The van der Waals surface area contributed by atoms with E-state index < -0.39 is 0 Å². The summed E-state index contributed by atoms with van der Waals surface area (Å²) in [6.07, 6.45) is 1.48. The molecule has 0 unspecified atom stereocenters. The van der Waals surface area contributed by atoms with Crippen molar-refractivity contribution < 1.29 is 0 Å². The van der Waals surface area contributed by atoms with Crippen molar-refractivity contribution >= 4 is 40.6 Å². The summed E-state index contributed by atoms with van der Waals surface area (Å²) in [4.78, 5) is 3.97. The SMILES string of the molecule is Nc1ncc(Cl)cc1-c1cc(Cl)ccc1Cl. The van der Waals surface area contributed by atoms with Gasteiger partial charge in [-0.2, -0.15) is 0 Å². The quantitative estimate of drug-likeness (QED) is 0.842. The zero-order valence-electron chi connectivity index (χ0n) is 8.05. The third kappa shape index (κ3) is 2.24. The summed E-state index contributed by atoms with van der Waals surface area (Å²) < 4.78 is 0. The zero-order chi connectivity index (χ0) is 11.7. The van der Waals surface area contributed by atoms with Crippen molar-refractivity contribution in [2.45, 2.75) is 0 Å². The van der Waals surface area contributed by atoms with Crippen LogP contribution >= 0.6 is 34.8 Å². The fourth-order valence-corrected chi connectivity index (χ4v) is 1.92. The van der Waals surface area contributed by atoms with Gasteiger partial charge in [0, 0.05) is 27.4 Å². The van der Waals surface area contributed by atoms with Crippen LogP contribution in [0.15, 0.2) is 30.5 Å². The molecule has 2 nitrogen and oxygen atoms in total. The van der Waals surface area contributed by atoms with E-state index in [0.29, 0.717) is 26.4 Å². The third-order valence-corrected chi connectivity index (χ3v) is 2.88. The van der Waals surface area contributed by atoms with Crippen LogP contribution in [0.5, 0.6) is 0 Å². The van der Waals surface area contributed by atoms with Gasteiger partial charge >= 0.3 is 0 Å². The van der Waals surface area contributed by atoms with Crippen molar-refractivity contribution in [3.05, 3.63) is 45.5 Å². The molecule has 0 aliphatic rings. The summed E-state index contributed by atoms with van der Waals surface area (Å²) in [6, 6.07) is 6.86. The Morgan fingerprint density at radius 3 is 2.38 bits per heavy atom. The maximum atomic E-state index is 6.07. The van der Waals surface area contributed by atoms with Crippen molar-refractivity contribution in [2.75, 3.05) is 5.73 Å². The molecule has 0 bridgehead atoms. The van der Waals surface area contributed by atoms with Gasteiger partial charge in [-0.05, 0) is 24.3 Å². The summed E-state index contributed by atoms with van der Waals surface area (Å²) >= 11 is 17.8. The number of aromatic nitrogens is 1. The molecule has 82 valence electrons. The second-order valence-corrected chi connectivity index (χ2v) is 4.49. The molecule has 0 aliphatic heterocycles. The number of nitrogens with two attached hydrogens (primary N) is 1. The van der Waals surface area contributed by atoms with Gasteiger partial charge in [0.2, 0.25) is 0 Å². The van der Waals surface area contributed by atoms with Crippen LogP contribution in [-0.2, 0) is 0 Å². The highest BCUT2D eigenvalue weighted by Crippen LogP contribution is 2.34. The number of rotatable bonds is 1. The Morgan fingerprint density at radius 1 is 0.938 bits per heavy atom. The number of anilines is 1. The topological polar surface area (TPSA) is 38.9 Å². The highest BCUT2D eigenvalue weighted by Gasteiger charge is 2.09. The van der Waals surface area contributed by atoms with Crippen LogP contribution in [0.25, 0.3) is 11.1 Å². The Morgan fingerprint density at radius 2 is 1.62 bits per heavy atom. The fraction of sp³-hybridized carbons (Fsp3) is 0. The van der Waals surface area contributed by atoms with E-state index in [1.807, 2.05) is 0 Å². The Balaban J connectivity index is 2.66. The number of benzene rings is 1. The summed E-state index contributed by atoms with van der Waals surface area (Å²) in [6.45, 7) is 0. The lowest BCUT2D eigenvalue weighted by Crippen LogP contribution is -1.94. The zero-order valence-corrected chi connectivity index (χ0v) is 10.3. The van der Waals surface area contributed by atoms with Gasteiger partial charge in [-0.1, -0.05) is 34.8 Å². The number of halogens is 3. The molecule has 0 saturated heterocycles. The fourth-order valence-electron chi connectivity index (χ4n) is 1.37. The van der Waals surface area contributed by atoms with Gasteiger partial charge in [-0.15, -0.1) is 0 Å². The van der Waals surface area contributed by atoms with Crippen molar-refractivity contribution in [2.24, 2.45) is 0 Å². The van der Waals surface area contributed by atoms with Crippen LogP contribution in [0.2, 0.25) is 15.1 Å². The largest absolute Gasteiger partial charge is 0.383 e. The predicted molar refractivity (Wildman–Crippen MR) is 69.1 cm³/mol. The van der Waals surface area contributed by atoms with Crippen LogP contribution in [0, 0.1) is 0 Å². The van der Waals surface area contributed by atoms with Gasteiger partial charge in [0.05, 0.1) is 5.02 Å². The van der Waals surface area contributed by atoms with Gasteiger partial charge in [-0.3, -0.25) is 0 Å². The predicted octanol–water partition coefficient (Wildman–Crippen LogP) is 4.29. The van der Waals surface area contributed by atoms with E-state index in [2.05, 4.69) is 4.98 Å². The minimum atomic E-state index is 0.369. The first-order valence-corrected chi connectivity index (χ1v) is 5.58. The van der Waals surface area contributed by atoms with Crippen LogP contribution in [0.1, 0.15) is 0 Å². The van der Waals surface area contributed by atoms with E-state index in [9.17, 15) is 0 Å². The minimum absolute atomic E-state index is 0.369. The second-order valence-electron chi connectivity index (χ2n) is 3.21. The van der Waals surface area contributed by atoms with E-state index in [-0.39, 0.29) is 0 Å². The Hall–Kier alpha value is -0.960. The molecule has 0 fully saturated rings. The van der Waals surface area contributed by atoms with Crippen LogP contribution < -0.4 is 5.73 Å². The summed E-state index contributed by atoms with van der Waals surface area (Å²) in [5.41, 5.74) is 7.17. The summed E-state index contributed by atoms with van der Waals surface area (Å²) in [7, 11) is 0. The van der Waals surface area contributed by atoms with Gasteiger partial charge in [0.15, 0.2) is 0 Å². The lowest BCUT2D eigenvalue weighted by atomic mass is 10.1. The minimum Gasteiger partial charge on any atom is -0.383 e. The van der Waals surface area contributed by atoms with Gasteiger partial charge in [0.25, 0.3) is 0 Å². The van der Waals surface area contributed by atoms with E-state index in [0.717, 1.165) is 5.56 Å². The maximum absolute atomic E-state index is 6.07. The Labute approximate surface area is 108 Å². The highest BCUT2D eigenvalue weighted by molar-refractivity contribution is 6.35. The number of hydrogen-bond donors (Lipinski definition) is 1. The average molecular weight is 274 g/mol. The Kier molecular flexibility index (Phi) is 3.24. The molecule has 0 radical (unpaired) electrons. The molecular formula is C11H7Cl3N2. The molecule has 1 heterocycles. The monoisotopic (exact) mass is 272 g/mol. The molecule has 0 saturated carbocycles. The van der Waals surface area contributed by atoms with Gasteiger partial charge in [0.1, 0.15) is 5.82 Å².